The number of hydrogen-bond donors (Lipinski definition) is 1. The van der Waals surface area contributed by atoms with E-state index >= 15 is 0 Å². The number of carboxylic acid groups (broad SMARTS) is 1. The van der Waals surface area contributed by atoms with Crippen molar-refractivity contribution in [3.05, 3.63) is 33.9 Å². The molecule has 0 aliphatic carbocycles. The van der Waals surface area contributed by atoms with Gasteiger partial charge in [0.05, 0.1) is 17.6 Å². The topological polar surface area (TPSA) is 92.9 Å². The van der Waals surface area contributed by atoms with Crippen molar-refractivity contribution >= 4 is 24.1 Å². The molecule has 0 amide bonds. The second-order valence-corrected chi connectivity index (χ2v) is 5.32. The number of nitro groups is 1. The van der Waals surface area contributed by atoms with Crippen LogP contribution in [0.2, 0.25) is 0 Å². The molecule has 7 nitrogen and oxygen atoms in total. The van der Waals surface area contributed by atoms with Gasteiger partial charge in [-0.3, -0.25) is 19.8 Å². The van der Waals surface area contributed by atoms with Crippen LogP contribution in [-0.4, -0.2) is 40.1 Å². The van der Waals surface area contributed by atoms with Crippen LogP contribution in [0.25, 0.3) is 0 Å². The van der Waals surface area contributed by atoms with Crippen LogP contribution in [0.1, 0.15) is 32.8 Å². The van der Waals surface area contributed by atoms with Crippen molar-refractivity contribution in [2.45, 2.75) is 39.8 Å². The van der Waals surface area contributed by atoms with E-state index in [4.69, 9.17) is 9.84 Å². The fraction of sp³-hybridized carbons (Fsp3) is 0.533. The molecule has 0 spiro atoms. The van der Waals surface area contributed by atoms with Crippen LogP contribution in [0.4, 0.5) is 5.69 Å². The number of ether oxygens (including phenoxy) is 1. The van der Waals surface area contributed by atoms with Crippen LogP contribution in [0, 0.1) is 10.1 Å². The fourth-order valence-electron chi connectivity index (χ4n) is 2.13. The van der Waals surface area contributed by atoms with Crippen molar-refractivity contribution in [3.8, 4) is 5.75 Å². The number of benzene rings is 1. The van der Waals surface area contributed by atoms with Gasteiger partial charge >= 0.3 is 5.97 Å². The fourth-order valence-corrected chi connectivity index (χ4v) is 2.13. The SMILES string of the molecule is CCCN(CC(=O)O)Cc1cc([N+](=O)[O-])ccc1OC(C)C.Cl. The summed E-state index contributed by atoms with van der Waals surface area (Å²) in [6.45, 7) is 6.46. The first kappa shape index (κ1) is 21.1. The lowest BCUT2D eigenvalue weighted by molar-refractivity contribution is -0.385. The lowest BCUT2D eigenvalue weighted by Crippen LogP contribution is -2.30. The monoisotopic (exact) mass is 346 g/mol. The van der Waals surface area contributed by atoms with Gasteiger partial charge in [-0.2, -0.15) is 0 Å². The van der Waals surface area contributed by atoms with E-state index in [0.717, 1.165) is 6.42 Å². The van der Waals surface area contributed by atoms with Crippen LogP contribution >= 0.6 is 12.4 Å². The Hall–Kier alpha value is -1.86. The lowest BCUT2D eigenvalue weighted by atomic mass is 10.1. The highest BCUT2D eigenvalue weighted by atomic mass is 35.5. The predicted molar refractivity (Wildman–Crippen MR) is 89.3 cm³/mol. The molecule has 0 fully saturated rings. The van der Waals surface area contributed by atoms with Crippen LogP contribution in [0.15, 0.2) is 18.2 Å². The van der Waals surface area contributed by atoms with E-state index in [1.54, 1.807) is 11.0 Å². The molecule has 0 radical (unpaired) electrons. The van der Waals surface area contributed by atoms with Gasteiger partial charge in [-0.05, 0) is 32.9 Å². The molecule has 130 valence electrons. The summed E-state index contributed by atoms with van der Waals surface area (Å²) in [6, 6.07) is 4.41. The molecule has 23 heavy (non-hydrogen) atoms. The first-order valence-electron chi connectivity index (χ1n) is 7.21. The first-order chi connectivity index (χ1) is 10.3. The summed E-state index contributed by atoms with van der Waals surface area (Å²) >= 11 is 0. The highest BCUT2D eigenvalue weighted by Crippen LogP contribution is 2.26. The summed E-state index contributed by atoms with van der Waals surface area (Å²) in [5, 5.41) is 19.9. The Labute approximate surface area is 141 Å². The van der Waals surface area contributed by atoms with Gasteiger partial charge in [-0.15, -0.1) is 12.4 Å². The predicted octanol–water partition coefficient (Wildman–Crippen LogP) is 3.10. The van der Waals surface area contributed by atoms with E-state index in [2.05, 4.69) is 0 Å². The number of non-ortho nitro benzene ring substituents is 1. The van der Waals surface area contributed by atoms with E-state index in [1.165, 1.54) is 12.1 Å². The van der Waals surface area contributed by atoms with Gasteiger partial charge in [0.2, 0.25) is 0 Å². The largest absolute Gasteiger partial charge is 0.491 e. The molecule has 1 aromatic carbocycles. The van der Waals surface area contributed by atoms with E-state index in [1.807, 2.05) is 20.8 Å². The molecule has 0 aliphatic heterocycles. The number of rotatable bonds is 9. The summed E-state index contributed by atoms with van der Waals surface area (Å²) in [7, 11) is 0. The second-order valence-electron chi connectivity index (χ2n) is 5.32. The van der Waals surface area contributed by atoms with Crippen molar-refractivity contribution in [2.75, 3.05) is 13.1 Å². The molecule has 0 unspecified atom stereocenters. The summed E-state index contributed by atoms with van der Waals surface area (Å²) in [5.41, 5.74) is 0.593. The molecule has 0 heterocycles. The van der Waals surface area contributed by atoms with Gasteiger partial charge < -0.3 is 9.84 Å². The zero-order valence-corrected chi connectivity index (χ0v) is 14.3. The van der Waals surface area contributed by atoms with E-state index in [-0.39, 0.29) is 30.7 Å². The molecule has 1 N–H and O–H groups in total. The molecule has 8 heteroatoms. The highest BCUT2D eigenvalue weighted by Gasteiger charge is 2.17. The third kappa shape index (κ3) is 7.30. The maximum atomic E-state index is 10.9. The van der Waals surface area contributed by atoms with Crippen LogP contribution in [0.3, 0.4) is 0 Å². The Morgan fingerprint density at radius 2 is 2.09 bits per heavy atom. The lowest BCUT2D eigenvalue weighted by Gasteiger charge is -2.22. The Morgan fingerprint density at radius 1 is 1.43 bits per heavy atom. The quantitative estimate of drug-likeness (QED) is 0.545. The van der Waals surface area contributed by atoms with E-state index < -0.39 is 10.9 Å². The third-order valence-electron chi connectivity index (χ3n) is 2.91. The van der Waals surface area contributed by atoms with Crippen molar-refractivity contribution in [2.24, 2.45) is 0 Å². The molecule has 0 saturated carbocycles. The molecule has 1 aromatic rings. The smallest absolute Gasteiger partial charge is 0.317 e. The maximum absolute atomic E-state index is 10.9. The van der Waals surface area contributed by atoms with Gasteiger partial charge in [-0.25, -0.2) is 0 Å². The molecule has 1 rings (SSSR count). The summed E-state index contributed by atoms with van der Waals surface area (Å²) in [5.74, 6) is -0.377. The van der Waals surface area contributed by atoms with Gasteiger partial charge in [-0.1, -0.05) is 6.92 Å². The van der Waals surface area contributed by atoms with E-state index in [9.17, 15) is 14.9 Å². The van der Waals surface area contributed by atoms with E-state index in [0.29, 0.717) is 24.4 Å². The van der Waals surface area contributed by atoms with Gasteiger partial charge in [0.25, 0.3) is 5.69 Å². The third-order valence-corrected chi connectivity index (χ3v) is 2.91. The Kier molecular flexibility index (Phi) is 9.21. The molecule has 0 saturated heterocycles. The number of nitro benzene ring substituents is 1. The Morgan fingerprint density at radius 3 is 2.57 bits per heavy atom. The van der Waals surface area contributed by atoms with Crippen LogP contribution < -0.4 is 4.74 Å². The second kappa shape index (κ2) is 10.0. The zero-order valence-electron chi connectivity index (χ0n) is 13.5. The van der Waals surface area contributed by atoms with Crippen LogP contribution in [-0.2, 0) is 11.3 Å². The Balaban J connectivity index is 0.00000484. The molecule has 0 atom stereocenters. The number of carbonyl (C=O) groups is 1. The number of hydrogen-bond acceptors (Lipinski definition) is 5. The number of nitrogens with zero attached hydrogens (tertiary/aromatic N) is 2. The summed E-state index contributed by atoms with van der Waals surface area (Å²) in [6.07, 6.45) is 0.724. The first-order valence-corrected chi connectivity index (χ1v) is 7.21. The number of carboxylic acids is 1. The zero-order chi connectivity index (χ0) is 16.7. The molecular formula is C15H23ClN2O5. The minimum atomic E-state index is -0.926. The van der Waals surface area contributed by atoms with Gasteiger partial charge in [0, 0.05) is 24.2 Å². The minimum Gasteiger partial charge on any atom is -0.491 e. The molecular weight excluding hydrogens is 324 g/mol. The highest BCUT2D eigenvalue weighted by molar-refractivity contribution is 5.85. The number of halogens is 1. The average Bonchev–Trinajstić information content (AvgIpc) is 2.39. The minimum absolute atomic E-state index is 0. The van der Waals surface area contributed by atoms with Crippen molar-refractivity contribution in [3.63, 3.8) is 0 Å². The van der Waals surface area contributed by atoms with Gasteiger partial charge in [0.1, 0.15) is 5.75 Å². The maximum Gasteiger partial charge on any atom is 0.317 e. The molecule has 0 aromatic heterocycles. The van der Waals surface area contributed by atoms with Crippen molar-refractivity contribution in [1.29, 1.82) is 0 Å². The normalized spacial score (nSPS) is 10.5. The van der Waals surface area contributed by atoms with Gasteiger partial charge in [0.15, 0.2) is 0 Å². The van der Waals surface area contributed by atoms with Crippen LogP contribution in [0.5, 0.6) is 5.75 Å². The average molecular weight is 347 g/mol. The number of aliphatic carboxylic acids is 1. The standard InChI is InChI=1S/C15H22N2O5.ClH/c1-4-7-16(10-15(18)19)9-12-8-13(17(20)21)5-6-14(12)22-11(2)3;/h5-6,8,11H,4,7,9-10H2,1-3H3,(H,18,19);1H. The summed E-state index contributed by atoms with van der Waals surface area (Å²) in [4.78, 5) is 23.1. The van der Waals surface area contributed by atoms with Crippen molar-refractivity contribution < 1.29 is 19.6 Å². The Bertz CT molecular complexity index is 537. The molecule has 0 aliphatic rings. The molecule has 0 bridgehead atoms. The van der Waals surface area contributed by atoms with Crippen molar-refractivity contribution in [1.82, 2.24) is 4.90 Å². The summed E-state index contributed by atoms with van der Waals surface area (Å²) < 4.78 is 5.67.